The number of hydrogen-bond donors (Lipinski definition) is 0. The second kappa shape index (κ2) is 6.87. The molecule has 0 saturated carbocycles. The van der Waals surface area contributed by atoms with Crippen molar-refractivity contribution in [3.05, 3.63) is 58.5 Å². The predicted octanol–water partition coefficient (Wildman–Crippen LogP) is 4.69. The van der Waals surface area contributed by atoms with E-state index in [-0.39, 0.29) is 11.6 Å². The maximum atomic E-state index is 13.8. The van der Waals surface area contributed by atoms with Gasteiger partial charge in [-0.2, -0.15) is 9.61 Å². The molecular weight excluding hydrogens is 373 g/mol. The molecule has 0 spiro atoms. The molecule has 0 N–H and O–H groups in total. The number of rotatable bonds is 4. The molecule has 0 aliphatic heterocycles. The van der Waals surface area contributed by atoms with Gasteiger partial charge < -0.3 is 9.47 Å². The molecule has 9 heteroatoms. The van der Waals surface area contributed by atoms with E-state index in [0.717, 1.165) is 6.07 Å². The van der Waals surface area contributed by atoms with Gasteiger partial charge in [0.05, 0.1) is 5.56 Å². The van der Waals surface area contributed by atoms with E-state index < -0.39 is 35.1 Å². The molecule has 2 aromatic heterocycles. The zero-order valence-electron chi connectivity index (χ0n) is 13.6. The third-order valence-electron chi connectivity index (χ3n) is 3.65. The number of carbonyl (C=O) groups is 1. The van der Waals surface area contributed by atoms with Gasteiger partial charge in [-0.05, 0) is 37.6 Å². The summed E-state index contributed by atoms with van der Waals surface area (Å²) >= 11 is 5.26. The molecule has 136 valence electrons. The summed E-state index contributed by atoms with van der Waals surface area (Å²) < 4.78 is 52.5. The highest BCUT2D eigenvalue weighted by Gasteiger charge is 2.19. The molecule has 0 saturated heterocycles. The lowest BCUT2D eigenvalue weighted by Gasteiger charge is -2.11. The van der Waals surface area contributed by atoms with Crippen LogP contribution in [-0.4, -0.2) is 15.0 Å². The van der Waals surface area contributed by atoms with Crippen LogP contribution in [0.1, 0.15) is 16.8 Å². The maximum absolute atomic E-state index is 13.8. The molecule has 0 fully saturated rings. The predicted molar refractivity (Wildman–Crippen MR) is 87.2 cm³/mol. The Labute approximate surface area is 150 Å². The van der Waals surface area contributed by atoms with Crippen LogP contribution in [0, 0.1) is 31.3 Å². The van der Waals surface area contributed by atoms with Gasteiger partial charge in [-0.1, -0.05) is 0 Å². The first kappa shape index (κ1) is 18.1. The number of nitrogens with zero attached hydrogens (tertiary/aromatic N) is 2. The summed E-state index contributed by atoms with van der Waals surface area (Å²) in [5.74, 6) is -3.15. The molecule has 5 nitrogen and oxygen atoms in total. The SMILES string of the molecule is Cc1cc(OCc2c(F)ccc(F)c2F)n2nc(C)c(OC(=O)Cl)c2c1. The van der Waals surface area contributed by atoms with Crippen molar-refractivity contribution in [1.82, 2.24) is 9.61 Å². The van der Waals surface area contributed by atoms with E-state index in [9.17, 15) is 18.0 Å². The number of carbonyl (C=O) groups excluding carboxylic acids is 1. The van der Waals surface area contributed by atoms with E-state index in [1.807, 2.05) is 0 Å². The lowest BCUT2D eigenvalue weighted by molar-refractivity contribution is 0.226. The number of aromatic nitrogens is 2. The Kier molecular flexibility index (Phi) is 4.78. The van der Waals surface area contributed by atoms with Gasteiger partial charge in [-0.25, -0.2) is 18.0 Å². The van der Waals surface area contributed by atoms with Crippen molar-refractivity contribution < 1.29 is 27.4 Å². The first-order chi connectivity index (χ1) is 12.3. The molecule has 0 amide bonds. The molecule has 0 aliphatic rings. The van der Waals surface area contributed by atoms with Crippen molar-refractivity contribution in [2.75, 3.05) is 0 Å². The summed E-state index contributed by atoms with van der Waals surface area (Å²) in [7, 11) is 0. The van der Waals surface area contributed by atoms with E-state index in [1.165, 1.54) is 4.52 Å². The fraction of sp³-hybridized carbons (Fsp3) is 0.176. The van der Waals surface area contributed by atoms with E-state index in [4.69, 9.17) is 21.1 Å². The molecule has 1 aromatic carbocycles. The van der Waals surface area contributed by atoms with Crippen LogP contribution in [-0.2, 0) is 6.61 Å². The summed E-state index contributed by atoms with van der Waals surface area (Å²) in [5.41, 5.74) is -0.129. The standard InChI is InChI=1S/C17H12ClF3N2O3/c1-8-5-13-16(26-17(18)24)9(2)22-23(13)14(6-8)25-7-10-11(19)3-4-12(20)15(10)21/h3-6H,7H2,1-2H3. The molecule has 26 heavy (non-hydrogen) atoms. The van der Waals surface area contributed by atoms with Gasteiger partial charge in [0.15, 0.2) is 17.4 Å². The van der Waals surface area contributed by atoms with Gasteiger partial charge in [-0.3, -0.25) is 0 Å². The minimum Gasteiger partial charge on any atom is -0.473 e. The minimum atomic E-state index is -1.32. The van der Waals surface area contributed by atoms with Crippen LogP contribution in [0.15, 0.2) is 24.3 Å². The quantitative estimate of drug-likeness (QED) is 0.484. The van der Waals surface area contributed by atoms with E-state index in [2.05, 4.69) is 5.10 Å². The number of pyridine rings is 1. The van der Waals surface area contributed by atoms with Crippen molar-refractivity contribution in [1.29, 1.82) is 0 Å². The van der Waals surface area contributed by atoms with Crippen molar-refractivity contribution in [2.24, 2.45) is 0 Å². The minimum absolute atomic E-state index is 0.128. The van der Waals surface area contributed by atoms with Gasteiger partial charge >= 0.3 is 5.43 Å². The maximum Gasteiger partial charge on any atom is 0.409 e. The lowest BCUT2D eigenvalue weighted by atomic mass is 10.2. The van der Waals surface area contributed by atoms with Gasteiger partial charge in [0.25, 0.3) is 0 Å². The smallest absolute Gasteiger partial charge is 0.409 e. The first-order valence-electron chi connectivity index (χ1n) is 7.40. The number of halogens is 4. The third-order valence-corrected chi connectivity index (χ3v) is 3.73. The van der Waals surface area contributed by atoms with Crippen LogP contribution in [0.4, 0.5) is 18.0 Å². The Bertz CT molecular complexity index is 1020. The molecule has 0 unspecified atom stereocenters. The number of benzene rings is 1. The molecular formula is C17H12ClF3N2O3. The van der Waals surface area contributed by atoms with Gasteiger partial charge in [0, 0.05) is 17.7 Å². The largest absolute Gasteiger partial charge is 0.473 e. The Morgan fingerprint density at radius 1 is 1.19 bits per heavy atom. The summed E-state index contributed by atoms with van der Waals surface area (Å²) in [6.45, 7) is 2.77. The molecule has 3 aromatic rings. The van der Waals surface area contributed by atoms with E-state index >= 15 is 0 Å². The normalized spacial score (nSPS) is 11.0. The van der Waals surface area contributed by atoms with E-state index in [0.29, 0.717) is 22.8 Å². The average Bonchev–Trinajstić information content (AvgIpc) is 2.87. The zero-order valence-corrected chi connectivity index (χ0v) is 14.4. The summed E-state index contributed by atoms with van der Waals surface area (Å²) in [6.07, 6.45) is 0. The highest BCUT2D eigenvalue weighted by atomic mass is 35.5. The molecule has 0 radical (unpaired) electrons. The first-order valence-corrected chi connectivity index (χ1v) is 7.78. The second-order valence-electron chi connectivity index (χ2n) is 5.53. The number of aryl methyl sites for hydroxylation is 2. The Hall–Kier alpha value is -2.74. The molecule has 3 rings (SSSR count). The van der Waals surface area contributed by atoms with Crippen LogP contribution in [0.2, 0.25) is 0 Å². The molecule has 0 atom stereocenters. The monoisotopic (exact) mass is 384 g/mol. The van der Waals surface area contributed by atoms with Crippen molar-refractivity contribution >= 4 is 22.5 Å². The van der Waals surface area contributed by atoms with Crippen molar-refractivity contribution in [2.45, 2.75) is 20.5 Å². The van der Waals surface area contributed by atoms with Crippen LogP contribution < -0.4 is 9.47 Å². The van der Waals surface area contributed by atoms with Gasteiger partial charge in [0.1, 0.15) is 23.6 Å². The van der Waals surface area contributed by atoms with Crippen LogP contribution in [0.3, 0.4) is 0 Å². The van der Waals surface area contributed by atoms with Crippen LogP contribution in [0.25, 0.3) is 5.52 Å². The Morgan fingerprint density at radius 3 is 2.58 bits per heavy atom. The Morgan fingerprint density at radius 2 is 1.88 bits per heavy atom. The number of ether oxygens (including phenoxy) is 2. The zero-order chi connectivity index (χ0) is 19.0. The third kappa shape index (κ3) is 3.32. The molecule has 0 aliphatic carbocycles. The number of fused-ring (bicyclic) bond motifs is 1. The second-order valence-corrected chi connectivity index (χ2v) is 5.84. The van der Waals surface area contributed by atoms with Gasteiger partial charge in [-0.15, -0.1) is 0 Å². The van der Waals surface area contributed by atoms with Crippen molar-refractivity contribution in [3.8, 4) is 11.6 Å². The fourth-order valence-corrected chi connectivity index (χ4v) is 2.57. The van der Waals surface area contributed by atoms with Gasteiger partial charge in [0.2, 0.25) is 5.88 Å². The summed E-state index contributed by atoms with van der Waals surface area (Å²) in [6, 6.07) is 4.76. The highest BCUT2D eigenvalue weighted by molar-refractivity contribution is 6.61. The topological polar surface area (TPSA) is 52.8 Å². The number of hydrogen-bond acceptors (Lipinski definition) is 4. The summed E-state index contributed by atoms with van der Waals surface area (Å²) in [4.78, 5) is 11.1. The average molecular weight is 385 g/mol. The van der Waals surface area contributed by atoms with E-state index in [1.54, 1.807) is 26.0 Å². The molecule has 0 bridgehead atoms. The van der Waals surface area contributed by atoms with Crippen LogP contribution in [0.5, 0.6) is 11.6 Å². The Balaban J connectivity index is 2.01. The molecule has 2 heterocycles. The van der Waals surface area contributed by atoms with Crippen molar-refractivity contribution in [3.63, 3.8) is 0 Å². The van der Waals surface area contributed by atoms with Crippen LogP contribution >= 0.6 is 11.6 Å². The lowest BCUT2D eigenvalue weighted by Crippen LogP contribution is -2.07. The summed E-state index contributed by atoms with van der Waals surface area (Å²) in [5, 5.41) is 4.18. The highest BCUT2D eigenvalue weighted by Crippen LogP contribution is 2.30. The fourth-order valence-electron chi connectivity index (χ4n) is 2.50.